The van der Waals surface area contributed by atoms with Gasteiger partial charge >= 0.3 is 5.97 Å². The van der Waals surface area contributed by atoms with Gasteiger partial charge in [-0.1, -0.05) is 72.1 Å². The molecule has 0 aromatic rings. The Kier molecular flexibility index (Phi) is 20.2. The van der Waals surface area contributed by atoms with Crippen molar-refractivity contribution in [1.82, 2.24) is 0 Å². The molecule has 0 aliphatic carbocycles. The third kappa shape index (κ3) is 21.4. The van der Waals surface area contributed by atoms with Gasteiger partial charge in [0.15, 0.2) is 0 Å². The first-order chi connectivity index (χ1) is 12.7. The van der Waals surface area contributed by atoms with Crippen molar-refractivity contribution < 1.29 is 19.0 Å². The van der Waals surface area contributed by atoms with Crippen molar-refractivity contribution in [3.63, 3.8) is 0 Å². The molecule has 0 rings (SSSR count). The largest absolute Gasteiger partial charge is 0.466 e. The SMILES string of the molecule is CCCCCCOCCOCCCC(=O)OCCCCCCCC(C)C. The van der Waals surface area contributed by atoms with Crippen molar-refractivity contribution in [2.24, 2.45) is 5.92 Å². The minimum atomic E-state index is -0.0967. The maximum Gasteiger partial charge on any atom is 0.305 e. The fourth-order valence-electron chi connectivity index (χ4n) is 2.71. The molecule has 0 fully saturated rings. The molecule has 0 N–H and O–H groups in total. The third-order valence-corrected chi connectivity index (χ3v) is 4.37. The van der Waals surface area contributed by atoms with E-state index in [1.165, 1.54) is 44.9 Å². The van der Waals surface area contributed by atoms with E-state index in [4.69, 9.17) is 14.2 Å². The molecule has 0 atom stereocenters. The Labute approximate surface area is 162 Å². The quantitative estimate of drug-likeness (QED) is 0.196. The molecule has 0 saturated heterocycles. The van der Waals surface area contributed by atoms with Crippen LogP contribution >= 0.6 is 0 Å². The van der Waals surface area contributed by atoms with Crippen LogP contribution in [0.2, 0.25) is 0 Å². The zero-order valence-electron chi connectivity index (χ0n) is 17.7. The lowest BCUT2D eigenvalue weighted by atomic mass is 10.0. The normalized spacial score (nSPS) is 11.2. The van der Waals surface area contributed by atoms with Crippen molar-refractivity contribution in [3.05, 3.63) is 0 Å². The first-order valence-electron chi connectivity index (χ1n) is 11.0. The Balaban J connectivity index is 3.15. The van der Waals surface area contributed by atoms with Crippen LogP contribution in [0.25, 0.3) is 0 Å². The molecular formula is C22H44O4. The molecule has 0 aliphatic rings. The summed E-state index contributed by atoms with van der Waals surface area (Å²) < 4.78 is 16.2. The Morgan fingerprint density at radius 2 is 1.27 bits per heavy atom. The molecule has 0 aromatic carbocycles. The summed E-state index contributed by atoms with van der Waals surface area (Å²) in [4.78, 5) is 11.6. The predicted molar refractivity (Wildman–Crippen MR) is 109 cm³/mol. The smallest absolute Gasteiger partial charge is 0.305 e. The van der Waals surface area contributed by atoms with Crippen LogP contribution in [0.4, 0.5) is 0 Å². The van der Waals surface area contributed by atoms with Crippen LogP contribution in [0.15, 0.2) is 0 Å². The van der Waals surface area contributed by atoms with Crippen LogP contribution in [0.3, 0.4) is 0 Å². The highest BCUT2D eigenvalue weighted by atomic mass is 16.5. The highest BCUT2D eigenvalue weighted by Crippen LogP contribution is 2.10. The number of hydrogen-bond acceptors (Lipinski definition) is 4. The van der Waals surface area contributed by atoms with Crippen molar-refractivity contribution in [3.8, 4) is 0 Å². The summed E-state index contributed by atoms with van der Waals surface area (Å²) in [6, 6.07) is 0. The Morgan fingerprint density at radius 3 is 1.96 bits per heavy atom. The van der Waals surface area contributed by atoms with Gasteiger partial charge in [-0.3, -0.25) is 4.79 Å². The Hall–Kier alpha value is -0.610. The second kappa shape index (κ2) is 20.7. The number of hydrogen-bond donors (Lipinski definition) is 0. The number of rotatable bonds is 20. The van der Waals surface area contributed by atoms with Gasteiger partial charge in [-0.2, -0.15) is 0 Å². The van der Waals surface area contributed by atoms with Gasteiger partial charge in [0.2, 0.25) is 0 Å². The number of ether oxygens (including phenoxy) is 3. The lowest BCUT2D eigenvalue weighted by Gasteiger charge is -2.07. The Morgan fingerprint density at radius 1 is 0.692 bits per heavy atom. The molecule has 156 valence electrons. The van der Waals surface area contributed by atoms with Gasteiger partial charge in [-0.05, 0) is 25.2 Å². The third-order valence-electron chi connectivity index (χ3n) is 4.37. The fraction of sp³-hybridized carbons (Fsp3) is 0.955. The summed E-state index contributed by atoms with van der Waals surface area (Å²) in [6.07, 6.45) is 13.4. The maximum atomic E-state index is 11.6. The van der Waals surface area contributed by atoms with Crippen molar-refractivity contribution in [2.75, 3.05) is 33.0 Å². The van der Waals surface area contributed by atoms with Crippen LogP contribution < -0.4 is 0 Å². The van der Waals surface area contributed by atoms with Gasteiger partial charge < -0.3 is 14.2 Å². The van der Waals surface area contributed by atoms with Crippen molar-refractivity contribution in [1.29, 1.82) is 0 Å². The summed E-state index contributed by atoms with van der Waals surface area (Å²) in [5, 5.41) is 0. The van der Waals surface area contributed by atoms with E-state index in [-0.39, 0.29) is 5.97 Å². The van der Waals surface area contributed by atoms with E-state index in [0.717, 1.165) is 38.2 Å². The van der Waals surface area contributed by atoms with E-state index in [2.05, 4.69) is 20.8 Å². The average Bonchev–Trinajstić information content (AvgIpc) is 2.61. The molecule has 0 heterocycles. The summed E-state index contributed by atoms with van der Waals surface area (Å²) >= 11 is 0. The molecule has 0 aliphatic heterocycles. The maximum absolute atomic E-state index is 11.6. The highest BCUT2D eigenvalue weighted by Gasteiger charge is 2.02. The van der Waals surface area contributed by atoms with Crippen molar-refractivity contribution in [2.45, 2.75) is 97.8 Å². The molecule has 26 heavy (non-hydrogen) atoms. The van der Waals surface area contributed by atoms with E-state index in [1.54, 1.807) is 0 Å². The molecule has 0 bridgehead atoms. The van der Waals surface area contributed by atoms with Gasteiger partial charge in [0, 0.05) is 19.6 Å². The molecule has 4 heteroatoms. The minimum absolute atomic E-state index is 0.0967. The highest BCUT2D eigenvalue weighted by molar-refractivity contribution is 5.69. The number of unbranched alkanes of at least 4 members (excludes halogenated alkanes) is 7. The monoisotopic (exact) mass is 372 g/mol. The van der Waals surface area contributed by atoms with Gasteiger partial charge in [-0.25, -0.2) is 0 Å². The minimum Gasteiger partial charge on any atom is -0.466 e. The molecule has 0 saturated carbocycles. The molecular weight excluding hydrogens is 328 g/mol. The lowest BCUT2D eigenvalue weighted by Crippen LogP contribution is -2.09. The van der Waals surface area contributed by atoms with Gasteiger partial charge in [-0.15, -0.1) is 0 Å². The van der Waals surface area contributed by atoms with Crippen LogP contribution in [-0.4, -0.2) is 39.0 Å². The van der Waals surface area contributed by atoms with Gasteiger partial charge in [0.25, 0.3) is 0 Å². The van der Waals surface area contributed by atoms with E-state index < -0.39 is 0 Å². The fourth-order valence-corrected chi connectivity index (χ4v) is 2.71. The number of carbonyl (C=O) groups is 1. The van der Waals surface area contributed by atoms with Crippen LogP contribution in [0, 0.1) is 5.92 Å². The molecule has 0 radical (unpaired) electrons. The summed E-state index contributed by atoms with van der Waals surface area (Å²) in [5.74, 6) is 0.712. The zero-order chi connectivity index (χ0) is 19.3. The van der Waals surface area contributed by atoms with E-state index in [9.17, 15) is 4.79 Å². The summed E-state index contributed by atoms with van der Waals surface area (Å²) in [5.41, 5.74) is 0. The molecule has 4 nitrogen and oxygen atoms in total. The van der Waals surface area contributed by atoms with Gasteiger partial charge in [0.05, 0.1) is 19.8 Å². The van der Waals surface area contributed by atoms with E-state index in [0.29, 0.717) is 32.8 Å². The number of esters is 1. The van der Waals surface area contributed by atoms with E-state index >= 15 is 0 Å². The average molecular weight is 373 g/mol. The van der Waals surface area contributed by atoms with Gasteiger partial charge in [0.1, 0.15) is 0 Å². The molecule has 0 unspecified atom stereocenters. The molecule has 0 aromatic heterocycles. The number of carbonyl (C=O) groups excluding carboxylic acids is 1. The van der Waals surface area contributed by atoms with Crippen LogP contribution in [0.1, 0.15) is 97.8 Å². The standard InChI is InChI=1S/C22H44O4/c1-4-5-6-11-16-24-19-20-25-17-13-15-22(23)26-18-12-9-7-8-10-14-21(2)3/h21H,4-20H2,1-3H3. The second-order valence-electron chi connectivity index (χ2n) is 7.56. The summed E-state index contributed by atoms with van der Waals surface area (Å²) in [7, 11) is 0. The van der Waals surface area contributed by atoms with E-state index in [1.807, 2.05) is 0 Å². The van der Waals surface area contributed by atoms with Crippen molar-refractivity contribution >= 4 is 5.97 Å². The second-order valence-corrected chi connectivity index (χ2v) is 7.56. The Bertz CT molecular complexity index is 292. The first-order valence-corrected chi connectivity index (χ1v) is 11.0. The zero-order valence-corrected chi connectivity index (χ0v) is 17.7. The molecule has 0 amide bonds. The molecule has 0 spiro atoms. The van der Waals surface area contributed by atoms with Crippen LogP contribution in [-0.2, 0) is 19.0 Å². The first kappa shape index (κ1) is 25.4. The topological polar surface area (TPSA) is 44.8 Å². The summed E-state index contributed by atoms with van der Waals surface area (Å²) in [6.45, 7) is 10.0. The van der Waals surface area contributed by atoms with Crippen LogP contribution in [0.5, 0.6) is 0 Å². The lowest BCUT2D eigenvalue weighted by molar-refractivity contribution is -0.144. The predicted octanol–water partition coefficient (Wildman–Crippen LogP) is 5.92.